The lowest BCUT2D eigenvalue weighted by Crippen LogP contribution is -2.21. The smallest absolute Gasteiger partial charge is 0.423 e. The van der Waals surface area contributed by atoms with Crippen molar-refractivity contribution in [2.75, 3.05) is 18.0 Å². The number of nitrogens with zero attached hydrogens (tertiary/aromatic N) is 1. The first-order valence-electron chi connectivity index (χ1n) is 8.85. The minimum atomic E-state index is -4.96. The Morgan fingerprint density at radius 3 is 2.41 bits per heavy atom. The maximum absolute atomic E-state index is 12.5. The SMILES string of the molecule is CCN(CC)c1ccc2cc(C=CC=CC=C(C(=O)O)C(F)(F)F)c(=O)oc2c1. The molecule has 5 nitrogen and oxygen atoms in total. The Morgan fingerprint density at radius 2 is 1.83 bits per heavy atom. The highest BCUT2D eigenvalue weighted by Gasteiger charge is 2.38. The van der Waals surface area contributed by atoms with E-state index in [1.165, 1.54) is 18.2 Å². The van der Waals surface area contributed by atoms with E-state index in [0.29, 0.717) is 17.0 Å². The van der Waals surface area contributed by atoms with Crippen molar-refractivity contribution >= 4 is 28.7 Å². The van der Waals surface area contributed by atoms with Crippen molar-refractivity contribution in [1.29, 1.82) is 0 Å². The summed E-state index contributed by atoms with van der Waals surface area (Å²) in [6, 6.07) is 7.14. The van der Waals surface area contributed by atoms with Crippen molar-refractivity contribution in [2.45, 2.75) is 20.0 Å². The quantitative estimate of drug-likeness (QED) is 0.406. The van der Waals surface area contributed by atoms with E-state index in [-0.39, 0.29) is 5.56 Å². The minimum Gasteiger partial charge on any atom is -0.478 e. The van der Waals surface area contributed by atoms with E-state index in [1.54, 1.807) is 12.1 Å². The van der Waals surface area contributed by atoms with Gasteiger partial charge in [0.25, 0.3) is 0 Å². The van der Waals surface area contributed by atoms with Crippen molar-refractivity contribution in [3.63, 3.8) is 0 Å². The normalized spacial score (nSPS) is 12.9. The molecule has 154 valence electrons. The lowest BCUT2D eigenvalue weighted by Gasteiger charge is -2.20. The Bertz CT molecular complexity index is 1030. The molecule has 0 aliphatic rings. The van der Waals surface area contributed by atoms with Crippen molar-refractivity contribution in [1.82, 2.24) is 0 Å². The zero-order chi connectivity index (χ0) is 21.6. The number of aliphatic carboxylic acids is 1. The van der Waals surface area contributed by atoms with Gasteiger partial charge < -0.3 is 14.4 Å². The number of hydrogen-bond donors (Lipinski definition) is 1. The first kappa shape index (κ1) is 22.0. The number of carboxylic acid groups (broad SMARTS) is 1. The third kappa shape index (κ3) is 5.60. The molecule has 0 spiro atoms. The van der Waals surface area contributed by atoms with Gasteiger partial charge in [0.2, 0.25) is 0 Å². The summed E-state index contributed by atoms with van der Waals surface area (Å²) in [5.41, 5.74) is -0.683. The topological polar surface area (TPSA) is 70.8 Å². The molecule has 0 aliphatic heterocycles. The first-order valence-corrected chi connectivity index (χ1v) is 8.85. The van der Waals surface area contributed by atoms with Crippen LogP contribution in [0.4, 0.5) is 18.9 Å². The number of carboxylic acids is 1. The van der Waals surface area contributed by atoms with Crippen LogP contribution >= 0.6 is 0 Å². The molecule has 0 amide bonds. The van der Waals surface area contributed by atoms with Gasteiger partial charge in [-0.2, -0.15) is 13.2 Å². The predicted molar refractivity (Wildman–Crippen MR) is 106 cm³/mol. The van der Waals surface area contributed by atoms with E-state index < -0.39 is 23.3 Å². The highest BCUT2D eigenvalue weighted by Crippen LogP contribution is 2.25. The molecule has 1 N–H and O–H groups in total. The molecule has 1 aromatic heterocycles. The molecule has 0 saturated carbocycles. The van der Waals surface area contributed by atoms with Gasteiger partial charge in [-0.15, -0.1) is 0 Å². The van der Waals surface area contributed by atoms with E-state index >= 15 is 0 Å². The monoisotopic (exact) mass is 407 g/mol. The van der Waals surface area contributed by atoms with Gasteiger partial charge >= 0.3 is 17.8 Å². The second kappa shape index (κ2) is 9.27. The Kier molecular flexibility index (Phi) is 7.03. The van der Waals surface area contributed by atoms with Gasteiger partial charge in [0, 0.05) is 30.2 Å². The lowest BCUT2D eigenvalue weighted by molar-refractivity contribution is -0.144. The van der Waals surface area contributed by atoms with Gasteiger partial charge in [-0.1, -0.05) is 18.2 Å². The summed E-state index contributed by atoms with van der Waals surface area (Å²) < 4.78 is 42.9. The van der Waals surface area contributed by atoms with Crippen molar-refractivity contribution in [3.8, 4) is 0 Å². The second-order valence-corrected chi connectivity index (χ2v) is 6.01. The Labute approximate surface area is 165 Å². The summed E-state index contributed by atoms with van der Waals surface area (Å²) in [4.78, 5) is 24.9. The molecular formula is C21H20F3NO4. The number of carbonyl (C=O) groups is 1. The average molecular weight is 407 g/mol. The molecule has 1 aromatic carbocycles. The fraction of sp³-hybridized carbons (Fsp3) is 0.238. The zero-order valence-electron chi connectivity index (χ0n) is 15.9. The molecule has 0 unspecified atom stereocenters. The van der Waals surface area contributed by atoms with Crippen LogP contribution in [-0.4, -0.2) is 30.3 Å². The van der Waals surface area contributed by atoms with Crippen molar-refractivity contribution in [3.05, 3.63) is 70.1 Å². The Balaban J connectivity index is 2.26. The van der Waals surface area contributed by atoms with Crippen molar-refractivity contribution < 1.29 is 27.5 Å². The largest absolute Gasteiger partial charge is 0.478 e. The Hall–Kier alpha value is -3.29. The maximum atomic E-state index is 12.5. The third-order valence-corrected chi connectivity index (χ3v) is 4.17. The highest BCUT2D eigenvalue weighted by molar-refractivity contribution is 5.88. The number of alkyl halides is 3. The summed E-state index contributed by atoms with van der Waals surface area (Å²) in [6.45, 7) is 5.67. The van der Waals surface area contributed by atoms with E-state index in [9.17, 15) is 22.8 Å². The number of benzene rings is 1. The van der Waals surface area contributed by atoms with E-state index in [0.717, 1.165) is 24.9 Å². The molecule has 0 radical (unpaired) electrons. The van der Waals surface area contributed by atoms with Crippen LogP contribution in [0.2, 0.25) is 0 Å². The van der Waals surface area contributed by atoms with Gasteiger partial charge in [-0.25, -0.2) is 9.59 Å². The van der Waals surface area contributed by atoms with Crippen LogP contribution in [0.15, 0.2) is 63.4 Å². The van der Waals surface area contributed by atoms with Crippen LogP contribution in [0.25, 0.3) is 17.0 Å². The molecule has 0 saturated heterocycles. The number of allylic oxidation sites excluding steroid dienone is 4. The Morgan fingerprint density at radius 1 is 1.14 bits per heavy atom. The summed E-state index contributed by atoms with van der Waals surface area (Å²) in [7, 11) is 0. The van der Waals surface area contributed by atoms with Gasteiger partial charge in [-0.3, -0.25) is 0 Å². The fourth-order valence-electron chi connectivity index (χ4n) is 2.68. The molecule has 0 aliphatic carbocycles. The van der Waals surface area contributed by atoms with E-state index in [1.807, 2.05) is 26.0 Å². The minimum absolute atomic E-state index is 0.219. The second-order valence-electron chi connectivity index (χ2n) is 6.01. The van der Waals surface area contributed by atoms with Crippen LogP contribution in [0.1, 0.15) is 19.4 Å². The van der Waals surface area contributed by atoms with Crippen LogP contribution in [-0.2, 0) is 4.79 Å². The number of fused-ring (bicyclic) bond motifs is 1. The van der Waals surface area contributed by atoms with Gasteiger partial charge in [0.1, 0.15) is 11.2 Å². The lowest BCUT2D eigenvalue weighted by atomic mass is 10.1. The molecule has 29 heavy (non-hydrogen) atoms. The van der Waals surface area contributed by atoms with E-state index in [2.05, 4.69) is 4.90 Å². The molecule has 2 rings (SSSR count). The maximum Gasteiger partial charge on any atom is 0.423 e. The number of halogens is 3. The predicted octanol–water partition coefficient (Wildman–Crippen LogP) is 4.78. The zero-order valence-corrected chi connectivity index (χ0v) is 15.9. The molecule has 0 atom stereocenters. The van der Waals surface area contributed by atoms with Gasteiger partial charge in [0.05, 0.1) is 5.56 Å². The van der Waals surface area contributed by atoms with Crippen molar-refractivity contribution in [2.24, 2.45) is 0 Å². The number of rotatable bonds is 7. The van der Waals surface area contributed by atoms with Crippen LogP contribution in [0.3, 0.4) is 0 Å². The molecule has 8 heteroatoms. The van der Waals surface area contributed by atoms with Crippen LogP contribution in [0.5, 0.6) is 0 Å². The molecule has 0 bridgehead atoms. The molecule has 1 heterocycles. The summed E-state index contributed by atoms with van der Waals surface area (Å²) in [5, 5.41) is 9.27. The molecular weight excluding hydrogens is 387 g/mol. The first-order chi connectivity index (χ1) is 13.7. The fourth-order valence-corrected chi connectivity index (χ4v) is 2.68. The summed E-state index contributed by atoms with van der Waals surface area (Å²) >= 11 is 0. The van der Waals surface area contributed by atoms with Crippen LogP contribution < -0.4 is 10.5 Å². The molecule has 0 fully saturated rings. The summed E-state index contributed by atoms with van der Waals surface area (Å²) in [5.74, 6) is -2.06. The van der Waals surface area contributed by atoms with E-state index in [4.69, 9.17) is 9.52 Å². The average Bonchev–Trinajstić information content (AvgIpc) is 2.64. The highest BCUT2D eigenvalue weighted by atomic mass is 19.4. The van der Waals surface area contributed by atoms with Gasteiger partial charge in [-0.05, 0) is 44.2 Å². The summed E-state index contributed by atoms with van der Waals surface area (Å²) in [6.07, 6.45) is 0.332. The van der Waals surface area contributed by atoms with Gasteiger partial charge in [0.15, 0.2) is 0 Å². The third-order valence-electron chi connectivity index (χ3n) is 4.17. The number of hydrogen-bond acceptors (Lipinski definition) is 4. The van der Waals surface area contributed by atoms with Crippen LogP contribution in [0, 0.1) is 0 Å². The molecule has 2 aromatic rings. The number of anilines is 1. The standard InChI is InChI=1S/C21H20F3NO4/c1-3-25(4-2)16-11-10-14-12-15(20(28)29-18(14)13-16)8-6-5-7-9-17(19(26)27)21(22,23)24/h5-13H,3-4H2,1-2H3,(H,26,27).